The molecule has 0 saturated carbocycles. The highest BCUT2D eigenvalue weighted by atomic mass is 32.2. The Morgan fingerprint density at radius 2 is 1.79 bits per heavy atom. The third-order valence-electron chi connectivity index (χ3n) is 4.57. The van der Waals surface area contributed by atoms with Crippen molar-refractivity contribution in [2.75, 3.05) is 33.1 Å². The maximum Gasteiger partial charge on any atom is 0.343 e. The van der Waals surface area contributed by atoms with Crippen LogP contribution < -0.4 is 14.2 Å². The molecule has 9 heteroatoms. The normalized spacial score (nSPS) is 16.8. The van der Waals surface area contributed by atoms with E-state index in [1.165, 1.54) is 10.4 Å². The van der Waals surface area contributed by atoms with Crippen molar-refractivity contribution in [3.8, 4) is 17.2 Å². The van der Waals surface area contributed by atoms with Gasteiger partial charge in [0.1, 0.15) is 5.75 Å². The van der Waals surface area contributed by atoms with Crippen LogP contribution in [-0.4, -0.2) is 51.8 Å². The van der Waals surface area contributed by atoms with Gasteiger partial charge in [-0.3, -0.25) is 0 Å². The molecule has 2 aliphatic heterocycles. The molecule has 0 bridgehead atoms. The van der Waals surface area contributed by atoms with Crippen LogP contribution in [0.4, 0.5) is 0 Å². The number of esters is 1. The fourth-order valence-electron chi connectivity index (χ4n) is 3.04. The lowest BCUT2D eigenvalue weighted by molar-refractivity contribution is 0.0727. The molecule has 0 radical (unpaired) electrons. The van der Waals surface area contributed by atoms with E-state index in [-0.39, 0.29) is 36.1 Å². The number of benzene rings is 2. The van der Waals surface area contributed by atoms with Gasteiger partial charge in [0.05, 0.1) is 23.7 Å². The number of nitrogens with zero attached hydrogens (tertiary/aromatic N) is 1. The molecule has 2 aliphatic rings. The van der Waals surface area contributed by atoms with Crippen LogP contribution in [0.15, 0.2) is 41.3 Å². The van der Waals surface area contributed by atoms with Crippen molar-refractivity contribution in [1.82, 2.24) is 4.31 Å². The minimum Gasteiger partial charge on any atom is -0.454 e. The van der Waals surface area contributed by atoms with Crippen LogP contribution in [0.2, 0.25) is 0 Å². The molecule has 2 aromatic carbocycles. The molecule has 2 aromatic rings. The summed E-state index contributed by atoms with van der Waals surface area (Å²) in [6.07, 6.45) is 0. The van der Waals surface area contributed by atoms with Crippen molar-refractivity contribution in [3.05, 3.63) is 47.5 Å². The molecule has 4 rings (SSSR count). The first kappa shape index (κ1) is 18.7. The second-order valence-corrected chi connectivity index (χ2v) is 8.31. The predicted molar refractivity (Wildman–Crippen MR) is 98.3 cm³/mol. The van der Waals surface area contributed by atoms with Gasteiger partial charge in [0.25, 0.3) is 0 Å². The first-order valence-electron chi connectivity index (χ1n) is 8.75. The number of carbonyl (C=O) groups excluding carboxylic acids is 1. The number of hydrogen-bond donors (Lipinski definition) is 0. The number of fused-ring (bicyclic) bond motifs is 1. The third kappa shape index (κ3) is 3.56. The Kier molecular flexibility index (Phi) is 4.96. The van der Waals surface area contributed by atoms with Crippen molar-refractivity contribution < 1.29 is 32.2 Å². The Morgan fingerprint density at radius 1 is 1.04 bits per heavy atom. The van der Waals surface area contributed by atoms with Gasteiger partial charge in [-0.25, -0.2) is 13.2 Å². The zero-order chi connectivity index (χ0) is 19.7. The quantitative estimate of drug-likeness (QED) is 0.567. The Morgan fingerprint density at radius 3 is 2.57 bits per heavy atom. The van der Waals surface area contributed by atoms with Crippen LogP contribution in [0.1, 0.15) is 15.9 Å². The van der Waals surface area contributed by atoms with E-state index in [4.69, 9.17) is 18.9 Å². The minimum atomic E-state index is -3.72. The SMILES string of the molecule is Cc1ccc(C(=O)Oc2ccc3c(c2)OCO3)cc1S(=O)(=O)N1CCOCC1. The van der Waals surface area contributed by atoms with E-state index in [0.29, 0.717) is 30.3 Å². The van der Waals surface area contributed by atoms with Gasteiger partial charge in [-0.1, -0.05) is 6.07 Å². The summed E-state index contributed by atoms with van der Waals surface area (Å²) in [7, 11) is -3.72. The summed E-state index contributed by atoms with van der Waals surface area (Å²) in [5, 5.41) is 0. The number of hydrogen-bond acceptors (Lipinski definition) is 7. The van der Waals surface area contributed by atoms with Gasteiger partial charge in [0.15, 0.2) is 11.5 Å². The van der Waals surface area contributed by atoms with Crippen LogP contribution in [0.25, 0.3) is 0 Å². The first-order chi connectivity index (χ1) is 13.4. The topological polar surface area (TPSA) is 91.4 Å². The molecule has 1 fully saturated rings. The highest BCUT2D eigenvalue weighted by Crippen LogP contribution is 2.35. The summed E-state index contributed by atoms with van der Waals surface area (Å²) in [4.78, 5) is 12.7. The second kappa shape index (κ2) is 7.42. The lowest BCUT2D eigenvalue weighted by atomic mass is 10.1. The van der Waals surface area contributed by atoms with Gasteiger partial charge in [-0.2, -0.15) is 4.31 Å². The van der Waals surface area contributed by atoms with Gasteiger partial charge >= 0.3 is 5.97 Å². The summed E-state index contributed by atoms with van der Waals surface area (Å²) in [6, 6.07) is 9.29. The zero-order valence-electron chi connectivity index (χ0n) is 15.2. The molecule has 2 heterocycles. The Hall–Kier alpha value is -2.62. The predicted octanol–water partition coefficient (Wildman–Crippen LogP) is 1.96. The maximum absolute atomic E-state index is 13.0. The molecule has 1 saturated heterocycles. The van der Waals surface area contributed by atoms with Crippen molar-refractivity contribution in [3.63, 3.8) is 0 Å². The van der Waals surface area contributed by atoms with Crippen molar-refractivity contribution >= 4 is 16.0 Å². The number of aryl methyl sites for hydroxylation is 1. The maximum atomic E-state index is 13.0. The molecule has 0 aromatic heterocycles. The standard InChI is InChI=1S/C19H19NO7S/c1-13-2-3-14(10-18(13)28(22,23)20-6-8-24-9-7-20)19(21)27-15-4-5-16-17(11-15)26-12-25-16/h2-5,10-11H,6-9,12H2,1H3. The van der Waals surface area contributed by atoms with Gasteiger partial charge < -0.3 is 18.9 Å². The average Bonchev–Trinajstić information content (AvgIpc) is 3.16. The summed E-state index contributed by atoms with van der Waals surface area (Å²) in [5.41, 5.74) is 0.709. The van der Waals surface area contributed by atoms with Crippen LogP contribution in [0.5, 0.6) is 17.2 Å². The van der Waals surface area contributed by atoms with E-state index in [1.807, 2.05) is 0 Å². The number of sulfonamides is 1. The first-order valence-corrected chi connectivity index (χ1v) is 10.2. The van der Waals surface area contributed by atoms with Gasteiger partial charge in [-0.05, 0) is 36.8 Å². The van der Waals surface area contributed by atoms with Crippen molar-refractivity contribution in [1.29, 1.82) is 0 Å². The zero-order valence-corrected chi connectivity index (χ0v) is 16.0. The molecule has 0 atom stereocenters. The van der Waals surface area contributed by atoms with Crippen molar-refractivity contribution in [2.24, 2.45) is 0 Å². The molecule has 148 valence electrons. The largest absolute Gasteiger partial charge is 0.454 e. The van der Waals surface area contributed by atoms with Crippen LogP contribution in [0.3, 0.4) is 0 Å². The summed E-state index contributed by atoms with van der Waals surface area (Å²) >= 11 is 0. The van der Waals surface area contributed by atoms with E-state index >= 15 is 0 Å². The van der Waals surface area contributed by atoms with E-state index in [2.05, 4.69) is 0 Å². The minimum absolute atomic E-state index is 0.0922. The lowest BCUT2D eigenvalue weighted by Crippen LogP contribution is -2.40. The fraction of sp³-hybridized carbons (Fsp3) is 0.316. The van der Waals surface area contributed by atoms with Gasteiger partial charge in [0, 0.05) is 19.2 Å². The molecule has 0 amide bonds. The van der Waals surface area contributed by atoms with E-state index in [1.54, 1.807) is 37.3 Å². The highest BCUT2D eigenvalue weighted by Gasteiger charge is 2.28. The van der Waals surface area contributed by atoms with Crippen molar-refractivity contribution in [2.45, 2.75) is 11.8 Å². The fourth-order valence-corrected chi connectivity index (χ4v) is 4.70. The third-order valence-corrected chi connectivity index (χ3v) is 6.61. The average molecular weight is 405 g/mol. The number of rotatable bonds is 4. The summed E-state index contributed by atoms with van der Waals surface area (Å²) in [6.45, 7) is 3.09. The Balaban J connectivity index is 1.58. The van der Waals surface area contributed by atoms with E-state index in [0.717, 1.165) is 0 Å². The molecular formula is C19H19NO7S. The molecule has 0 N–H and O–H groups in total. The second-order valence-electron chi connectivity index (χ2n) is 6.40. The smallest absolute Gasteiger partial charge is 0.343 e. The Bertz CT molecular complexity index is 1010. The summed E-state index contributed by atoms with van der Waals surface area (Å²) < 4.78 is 48.4. The van der Waals surface area contributed by atoms with Gasteiger partial charge in [0.2, 0.25) is 16.8 Å². The molecular weight excluding hydrogens is 386 g/mol. The highest BCUT2D eigenvalue weighted by molar-refractivity contribution is 7.89. The molecule has 0 aliphatic carbocycles. The lowest BCUT2D eigenvalue weighted by Gasteiger charge is -2.26. The molecule has 0 spiro atoms. The van der Waals surface area contributed by atoms with Crippen LogP contribution >= 0.6 is 0 Å². The molecule has 8 nitrogen and oxygen atoms in total. The van der Waals surface area contributed by atoms with E-state index in [9.17, 15) is 13.2 Å². The molecule has 28 heavy (non-hydrogen) atoms. The van der Waals surface area contributed by atoms with Crippen LogP contribution in [0, 0.1) is 6.92 Å². The number of ether oxygens (including phenoxy) is 4. The summed E-state index contributed by atoms with van der Waals surface area (Å²) in [5.74, 6) is 0.698. The van der Waals surface area contributed by atoms with Crippen LogP contribution in [-0.2, 0) is 14.8 Å². The number of morpholine rings is 1. The monoisotopic (exact) mass is 405 g/mol. The van der Waals surface area contributed by atoms with Gasteiger partial charge in [-0.15, -0.1) is 0 Å². The Labute approximate surface area is 162 Å². The van der Waals surface area contributed by atoms with E-state index < -0.39 is 16.0 Å². The number of carbonyl (C=O) groups is 1. The molecule has 0 unspecified atom stereocenters.